The fourth-order valence-corrected chi connectivity index (χ4v) is 1.70. The van der Waals surface area contributed by atoms with Crippen molar-refractivity contribution >= 4 is 17.5 Å². The Morgan fingerprint density at radius 3 is 2.88 bits per heavy atom. The van der Waals surface area contributed by atoms with Gasteiger partial charge in [0.2, 0.25) is 0 Å². The molecule has 1 rings (SSSR count). The van der Waals surface area contributed by atoms with E-state index in [1.54, 1.807) is 19.1 Å². The smallest absolute Gasteiger partial charge is 0.253 e. The topological polar surface area (TPSA) is 62.2 Å². The second-order valence-electron chi connectivity index (χ2n) is 3.92. The zero-order valence-electron chi connectivity index (χ0n) is 10.0. The summed E-state index contributed by atoms with van der Waals surface area (Å²) in [4.78, 5) is 15.8. The minimum atomic E-state index is -0.496. The lowest BCUT2D eigenvalue weighted by molar-refractivity contribution is 0.0909. The van der Waals surface area contributed by atoms with E-state index < -0.39 is 6.10 Å². The number of amides is 1. The monoisotopic (exact) mass is 256 g/mol. The molecule has 1 atom stereocenters. The van der Waals surface area contributed by atoms with Crippen molar-refractivity contribution in [3.63, 3.8) is 0 Å². The van der Waals surface area contributed by atoms with E-state index in [0.717, 1.165) is 6.42 Å². The van der Waals surface area contributed by atoms with Crippen LogP contribution in [0.25, 0.3) is 0 Å². The van der Waals surface area contributed by atoms with Gasteiger partial charge >= 0.3 is 0 Å². The van der Waals surface area contributed by atoms with Crippen LogP contribution in [0.15, 0.2) is 12.1 Å². The molecule has 0 aliphatic heterocycles. The molecule has 1 amide bonds. The first kappa shape index (κ1) is 13.9. The van der Waals surface area contributed by atoms with E-state index in [-0.39, 0.29) is 12.5 Å². The molecule has 1 aromatic heterocycles. The van der Waals surface area contributed by atoms with E-state index in [9.17, 15) is 9.90 Å². The van der Waals surface area contributed by atoms with Crippen molar-refractivity contribution in [1.29, 1.82) is 0 Å². The number of halogens is 1. The molecule has 0 fully saturated rings. The quantitative estimate of drug-likeness (QED) is 0.792. The summed E-state index contributed by atoms with van der Waals surface area (Å²) in [5, 5.41) is 12.5. The van der Waals surface area contributed by atoms with Crippen LogP contribution < -0.4 is 5.32 Å². The van der Waals surface area contributed by atoms with Crippen LogP contribution in [0.3, 0.4) is 0 Å². The summed E-state index contributed by atoms with van der Waals surface area (Å²) in [6, 6.07) is 3.21. The number of nitrogens with zero attached hydrogens (tertiary/aromatic N) is 1. The first-order valence-electron chi connectivity index (χ1n) is 5.64. The van der Waals surface area contributed by atoms with Crippen LogP contribution >= 0.6 is 11.6 Å². The average molecular weight is 257 g/mol. The molecule has 1 aromatic rings. The lowest BCUT2D eigenvalue weighted by Gasteiger charge is -2.11. The van der Waals surface area contributed by atoms with Crippen LogP contribution in [0.4, 0.5) is 0 Å². The van der Waals surface area contributed by atoms with Gasteiger partial charge in [0.15, 0.2) is 0 Å². The fourth-order valence-electron chi connectivity index (χ4n) is 1.51. The van der Waals surface area contributed by atoms with Crippen LogP contribution in [-0.2, 0) is 0 Å². The molecule has 1 unspecified atom stereocenters. The molecule has 4 nitrogen and oxygen atoms in total. The van der Waals surface area contributed by atoms with Crippen molar-refractivity contribution in [3.8, 4) is 0 Å². The summed E-state index contributed by atoms with van der Waals surface area (Å²) in [6.07, 6.45) is 1.07. The second-order valence-corrected chi connectivity index (χ2v) is 4.31. The van der Waals surface area contributed by atoms with Crippen LogP contribution in [0, 0.1) is 6.92 Å². The molecule has 0 saturated carbocycles. The van der Waals surface area contributed by atoms with E-state index in [4.69, 9.17) is 11.6 Å². The minimum Gasteiger partial charge on any atom is -0.391 e. The normalized spacial score (nSPS) is 12.2. The van der Waals surface area contributed by atoms with E-state index in [1.807, 2.05) is 6.92 Å². The highest BCUT2D eigenvalue weighted by atomic mass is 35.5. The Labute approximate surface area is 106 Å². The van der Waals surface area contributed by atoms with Crippen molar-refractivity contribution in [3.05, 3.63) is 28.5 Å². The summed E-state index contributed by atoms with van der Waals surface area (Å²) >= 11 is 5.71. The molecule has 1 heterocycles. The summed E-state index contributed by atoms with van der Waals surface area (Å²) in [5.41, 5.74) is 1.07. The zero-order chi connectivity index (χ0) is 12.8. The predicted octanol–water partition coefficient (Wildman–Crippen LogP) is 1.93. The molecule has 5 heteroatoms. The Kier molecular flexibility index (Phi) is 5.38. The van der Waals surface area contributed by atoms with Gasteiger partial charge in [-0.3, -0.25) is 4.79 Å². The Bertz CT molecular complexity index is 396. The minimum absolute atomic E-state index is 0.234. The standard InChI is InChI=1S/C12H17ClN2O2/c1-3-4-9(16)7-14-12(17)10-5-6-11(13)15-8(10)2/h5-6,9,16H,3-4,7H2,1-2H3,(H,14,17). The molecule has 0 saturated heterocycles. The molecule has 0 bridgehead atoms. The number of aliphatic hydroxyl groups is 1. The number of carbonyl (C=O) groups is 1. The third kappa shape index (κ3) is 4.32. The third-order valence-electron chi connectivity index (χ3n) is 2.42. The van der Waals surface area contributed by atoms with Crippen molar-refractivity contribution in [2.75, 3.05) is 6.54 Å². The van der Waals surface area contributed by atoms with Crippen molar-refractivity contribution < 1.29 is 9.90 Å². The van der Waals surface area contributed by atoms with Gasteiger partial charge in [0.1, 0.15) is 5.15 Å². The van der Waals surface area contributed by atoms with Crippen LogP contribution in [-0.4, -0.2) is 28.6 Å². The Morgan fingerprint density at radius 2 is 2.29 bits per heavy atom. The maximum Gasteiger partial charge on any atom is 0.253 e. The molecular formula is C12H17ClN2O2. The fraction of sp³-hybridized carbons (Fsp3) is 0.500. The van der Waals surface area contributed by atoms with Crippen LogP contribution in [0.2, 0.25) is 5.15 Å². The largest absolute Gasteiger partial charge is 0.391 e. The van der Waals surface area contributed by atoms with Crippen molar-refractivity contribution in [2.45, 2.75) is 32.8 Å². The SMILES string of the molecule is CCCC(O)CNC(=O)c1ccc(Cl)nc1C. The number of pyridine rings is 1. The average Bonchev–Trinajstić information content (AvgIpc) is 2.26. The summed E-state index contributed by atoms with van der Waals surface area (Å²) < 4.78 is 0. The van der Waals surface area contributed by atoms with Gasteiger partial charge in [-0.05, 0) is 25.5 Å². The molecule has 0 aliphatic carbocycles. The first-order chi connectivity index (χ1) is 8.04. The van der Waals surface area contributed by atoms with Gasteiger partial charge in [-0.2, -0.15) is 0 Å². The third-order valence-corrected chi connectivity index (χ3v) is 2.63. The summed E-state index contributed by atoms with van der Waals surface area (Å²) in [6.45, 7) is 3.97. The molecule has 0 radical (unpaired) electrons. The number of carbonyl (C=O) groups excluding carboxylic acids is 1. The maximum absolute atomic E-state index is 11.8. The first-order valence-corrected chi connectivity index (χ1v) is 6.01. The molecule has 2 N–H and O–H groups in total. The Hall–Kier alpha value is -1.13. The lowest BCUT2D eigenvalue weighted by atomic mass is 10.1. The molecule has 94 valence electrons. The summed E-state index contributed by atoms with van der Waals surface area (Å²) in [5.74, 6) is -0.234. The number of aliphatic hydroxyl groups excluding tert-OH is 1. The number of aryl methyl sites for hydroxylation is 1. The van der Waals surface area contributed by atoms with Crippen molar-refractivity contribution in [1.82, 2.24) is 10.3 Å². The Morgan fingerprint density at radius 1 is 1.59 bits per heavy atom. The number of rotatable bonds is 5. The predicted molar refractivity (Wildman–Crippen MR) is 67.2 cm³/mol. The lowest BCUT2D eigenvalue weighted by Crippen LogP contribution is -2.32. The van der Waals surface area contributed by atoms with Crippen molar-refractivity contribution in [2.24, 2.45) is 0 Å². The van der Waals surface area contributed by atoms with Gasteiger partial charge in [0.25, 0.3) is 5.91 Å². The molecule has 0 aromatic carbocycles. The van der Waals surface area contributed by atoms with E-state index in [2.05, 4.69) is 10.3 Å². The zero-order valence-corrected chi connectivity index (χ0v) is 10.8. The molecule has 0 aliphatic rings. The number of hydrogen-bond acceptors (Lipinski definition) is 3. The maximum atomic E-state index is 11.8. The van der Waals surface area contributed by atoms with Gasteiger partial charge in [-0.1, -0.05) is 24.9 Å². The highest BCUT2D eigenvalue weighted by Gasteiger charge is 2.11. The second kappa shape index (κ2) is 6.57. The van der Waals surface area contributed by atoms with Gasteiger partial charge in [-0.25, -0.2) is 4.98 Å². The highest BCUT2D eigenvalue weighted by Crippen LogP contribution is 2.10. The van der Waals surface area contributed by atoms with E-state index >= 15 is 0 Å². The molecule has 0 spiro atoms. The Balaban J connectivity index is 2.58. The van der Waals surface area contributed by atoms with Gasteiger partial charge in [0, 0.05) is 6.54 Å². The highest BCUT2D eigenvalue weighted by molar-refractivity contribution is 6.29. The molecular weight excluding hydrogens is 240 g/mol. The molecule has 17 heavy (non-hydrogen) atoms. The van der Waals surface area contributed by atoms with E-state index in [1.165, 1.54) is 0 Å². The number of aromatic nitrogens is 1. The number of nitrogens with one attached hydrogen (secondary N) is 1. The van der Waals surface area contributed by atoms with Crippen LogP contribution in [0.5, 0.6) is 0 Å². The van der Waals surface area contributed by atoms with Gasteiger partial charge < -0.3 is 10.4 Å². The van der Waals surface area contributed by atoms with Gasteiger partial charge in [0.05, 0.1) is 17.4 Å². The van der Waals surface area contributed by atoms with E-state index in [0.29, 0.717) is 22.8 Å². The van der Waals surface area contributed by atoms with Crippen LogP contribution in [0.1, 0.15) is 35.8 Å². The number of hydrogen-bond donors (Lipinski definition) is 2. The van der Waals surface area contributed by atoms with Gasteiger partial charge in [-0.15, -0.1) is 0 Å². The summed E-state index contributed by atoms with van der Waals surface area (Å²) in [7, 11) is 0.